The third-order valence-corrected chi connectivity index (χ3v) is 6.22. The Bertz CT molecular complexity index is 1010. The molecule has 0 atom stereocenters. The Balaban J connectivity index is 1.30. The molecule has 1 aliphatic heterocycles. The number of carbonyl (C=O) groups is 1. The number of para-hydroxylation sites is 1. The van der Waals surface area contributed by atoms with Crippen molar-refractivity contribution in [2.24, 2.45) is 5.92 Å². The zero-order chi connectivity index (χ0) is 20.9. The Morgan fingerprint density at radius 2 is 2.00 bits per heavy atom. The largest absolute Gasteiger partial charge is 0.338 e. The zero-order valence-electron chi connectivity index (χ0n) is 17.3. The molecule has 6 nitrogen and oxygen atoms in total. The second kappa shape index (κ2) is 9.45. The van der Waals surface area contributed by atoms with Gasteiger partial charge in [-0.15, -0.1) is 11.8 Å². The number of likely N-dealkylation sites (tertiary alicyclic amines) is 1. The van der Waals surface area contributed by atoms with E-state index in [0.717, 1.165) is 42.1 Å². The first-order valence-corrected chi connectivity index (χ1v) is 11.4. The van der Waals surface area contributed by atoms with Crippen molar-refractivity contribution in [2.45, 2.75) is 31.2 Å². The Labute approximate surface area is 181 Å². The minimum Gasteiger partial charge on any atom is -0.338 e. The van der Waals surface area contributed by atoms with Gasteiger partial charge in [0.2, 0.25) is 17.6 Å². The monoisotopic (exact) mass is 422 g/mol. The molecule has 7 heteroatoms. The van der Waals surface area contributed by atoms with Crippen molar-refractivity contribution in [3.63, 3.8) is 0 Å². The van der Waals surface area contributed by atoms with E-state index < -0.39 is 0 Å². The molecule has 0 bridgehead atoms. The van der Waals surface area contributed by atoms with Gasteiger partial charge in [-0.1, -0.05) is 41.1 Å². The van der Waals surface area contributed by atoms with Gasteiger partial charge in [0.05, 0.1) is 12.2 Å². The van der Waals surface area contributed by atoms with E-state index in [4.69, 9.17) is 4.52 Å². The molecule has 156 valence electrons. The van der Waals surface area contributed by atoms with Crippen LogP contribution in [0.3, 0.4) is 0 Å². The van der Waals surface area contributed by atoms with Crippen molar-refractivity contribution in [2.75, 3.05) is 24.7 Å². The maximum absolute atomic E-state index is 12.7. The van der Waals surface area contributed by atoms with Crippen LogP contribution in [0.1, 0.15) is 24.3 Å². The lowest BCUT2D eigenvalue weighted by atomic mass is 9.96. The molecule has 3 aromatic rings. The predicted octanol–water partition coefficient (Wildman–Crippen LogP) is 4.62. The standard InChI is InChI=1S/C23H26N4O2S/c1-16-6-5-7-18(14-16)22-25-21(29-26-22)15-27-12-10-17(11-13-27)23(28)24-19-8-3-4-9-20(19)30-2/h3-9,14,17H,10-13,15H2,1-2H3,(H,24,28). The van der Waals surface area contributed by atoms with E-state index in [-0.39, 0.29) is 11.8 Å². The van der Waals surface area contributed by atoms with Gasteiger partial charge in [-0.05, 0) is 57.3 Å². The van der Waals surface area contributed by atoms with E-state index in [1.54, 1.807) is 11.8 Å². The average Bonchev–Trinajstić information content (AvgIpc) is 3.23. The Hall–Kier alpha value is -2.64. The fraction of sp³-hybridized carbons (Fsp3) is 0.348. The highest BCUT2D eigenvalue weighted by atomic mass is 32.2. The van der Waals surface area contributed by atoms with E-state index >= 15 is 0 Å². The number of nitrogens with one attached hydrogen (secondary N) is 1. The van der Waals surface area contributed by atoms with Crippen LogP contribution in [0.15, 0.2) is 57.9 Å². The van der Waals surface area contributed by atoms with Crippen LogP contribution >= 0.6 is 11.8 Å². The van der Waals surface area contributed by atoms with Crippen molar-refractivity contribution >= 4 is 23.4 Å². The van der Waals surface area contributed by atoms with Crippen LogP contribution in [0.2, 0.25) is 0 Å². The molecule has 1 saturated heterocycles. The molecule has 2 aromatic carbocycles. The van der Waals surface area contributed by atoms with Crippen molar-refractivity contribution in [3.8, 4) is 11.4 Å². The van der Waals surface area contributed by atoms with Crippen LogP contribution in [-0.2, 0) is 11.3 Å². The van der Waals surface area contributed by atoms with Gasteiger partial charge in [0.15, 0.2) is 0 Å². The quantitative estimate of drug-likeness (QED) is 0.585. The molecule has 2 heterocycles. The Morgan fingerprint density at radius 3 is 2.77 bits per heavy atom. The van der Waals surface area contributed by atoms with E-state index in [2.05, 4.69) is 20.4 Å². The lowest BCUT2D eigenvalue weighted by Crippen LogP contribution is -2.37. The summed E-state index contributed by atoms with van der Waals surface area (Å²) >= 11 is 1.64. The predicted molar refractivity (Wildman–Crippen MR) is 119 cm³/mol. The van der Waals surface area contributed by atoms with Gasteiger partial charge in [-0.3, -0.25) is 9.69 Å². The first-order chi connectivity index (χ1) is 14.6. The smallest absolute Gasteiger partial charge is 0.241 e. The fourth-order valence-electron chi connectivity index (χ4n) is 3.75. The highest BCUT2D eigenvalue weighted by Crippen LogP contribution is 2.27. The molecule has 1 aromatic heterocycles. The van der Waals surface area contributed by atoms with Crippen LogP contribution in [0.4, 0.5) is 5.69 Å². The van der Waals surface area contributed by atoms with E-state index in [0.29, 0.717) is 18.3 Å². The first kappa shape index (κ1) is 20.6. The number of carbonyl (C=O) groups excluding carboxylic acids is 1. The molecule has 30 heavy (non-hydrogen) atoms. The van der Waals surface area contributed by atoms with Gasteiger partial charge in [0, 0.05) is 16.4 Å². The average molecular weight is 423 g/mol. The maximum atomic E-state index is 12.7. The normalized spacial score (nSPS) is 15.3. The summed E-state index contributed by atoms with van der Waals surface area (Å²) in [7, 11) is 0. The zero-order valence-corrected chi connectivity index (χ0v) is 18.1. The van der Waals surface area contributed by atoms with E-state index in [9.17, 15) is 4.79 Å². The molecule has 0 aliphatic carbocycles. The van der Waals surface area contributed by atoms with Crippen LogP contribution in [0.25, 0.3) is 11.4 Å². The summed E-state index contributed by atoms with van der Waals surface area (Å²) in [5.41, 5.74) is 3.03. The molecule has 0 saturated carbocycles. The number of aryl methyl sites for hydroxylation is 1. The highest BCUT2D eigenvalue weighted by Gasteiger charge is 2.26. The van der Waals surface area contributed by atoms with Crippen molar-refractivity contribution in [1.29, 1.82) is 0 Å². The number of piperidine rings is 1. The van der Waals surface area contributed by atoms with Gasteiger partial charge >= 0.3 is 0 Å². The SMILES string of the molecule is CSc1ccccc1NC(=O)C1CCN(Cc2nc(-c3cccc(C)c3)no2)CC1. The second-order valence-corrected chi connectivity index (χ2v) is 8.47. The molecule has 1 aliphatic rings. The number of anilines is 1. The molecule has 0 spiro atoms. The minimum atomic E-state index is 0.0294. The minimum absolute atomic E-state index is 0.0294. The highest BCUT2D eigenvalue weighted by molar-refractivity contribution is 7.98. The maximum Gasteiger partial charge on any atom is 0.241 e. The molecule has 1 N–H and O–H groups in total. The lowest BCUT2D eigenvalue weighted by molar-refractivity contribution is -0.121. The van der Waals surface area contributed by atoms with E-state index in [1.807, 2.05) is 61.7 Å². The Kier molecular flexibility index (Phi) is 6.50. The van der Waals surface area contributed by atoms with Gasteiger partial charge < -0.3 is 9.84 Å². The third kappa shape index (κ3) is 4.91. The third-order valence-electron chi connectivity index (χ3n) is 5.43. The fourth-order valence-corrected chi connectivity index (χ4v) is 4.30. The number of hydrogen-bond donors (Lipinski definition) is 1. The van der Waals surface area contributed by atoms with Crippen LogP contribution in [0.5, 0.6) is 0 Å². The van der Waals surface area contributed by atoms with Crippen molar-refractivity contribution in [1.82, 2.24) is 15.0 Å². The van der Waals surface area contributed by atoms with Crippen molar-refractivity contribution < 1.29 is 9.32 Å². The van der Waals surface area contributed by atoms with Crippen LogP contribution in [-0.4, -0.2) is 40.3 Å². The summed E-state index contributed by atoms with van der Waals surface area (Å²) < 4.78 is 5.46. The van der Waals surface area contributed by atoms with Gasteiger partial charge in [-0.25, -0.2) is 0 Å². The van der Waals surface area contributed by atoms with Crippen LogP contribution < -0.4 is 5.32 Å². The second-order valence-electron chi connectivity index (χ2n) is 7.62. The van der Waals surface area contributed by atoms with Crippen molar-refractivity contribution in [3.05, 3.63) is 60.0 Å². The summed E-state index contributed by atoms with van der Waals surface area (Å²) in [5.74, 6) is 1.37. The topological polar surface area (TPSA) is 71.3 Å². The molecule has 0 radical (unpaired) electrons. The number of benzene rings is 2. The Morgan fingerprint density at radius 1 is 1.20 bits per heavy atom. The molecular formula is C23H26N4O2S. The number of thioether (sulfide) groups is 1. The summed E-state index contributed by atoms with van der Waals surface area (Å²) in [5, 5.41) is 7.22. The first-order valence-electron chi connectivity index (χ1n) is 10.2. The molecule has 1 fully saturated rings. The number of hydrogen-bond acceptors (Lipinski definition) is 6. The molecular weight excluding hydrogens is 396 g/mol. The lowest BCUT2D eigenvalue weighted by Gasteiger charge is -2.30. The number of aromatic nitrogens is 2. The number of nitrogens with zero attached hydrogens (tertiary/aromatic N) is 3. The summed E-state index contributed by atoms with van der Waals surface area (Å²) in [4.78, 5) is 20.6. The van der Waals surface area contributed by atoms with Gasteiger partial charge in [-0.2, -0.15) is 4.98 Å². The van der Waals surface area contributed by atoms with E-state index in [1.165, 1.54) is 5.56 Å². The summed E-state index contributed by atoms with van der Waals surface area (Å²) in [6.45, 7) is 4.34. The van der Waals surface area contributed by atoms with Gasteiger partial charge in [0.25, 0.3) is 0 Å². The van der Waals surface area contributed by atoms with Gasteiger partial charge in [0.1, 0.15) is 0 Å². The van der Waals surface area contributed by atoms with Crippen LogP contribution in [0, 0.1) is 12.8 Å². The molecule has 1 amide bonds. The molecule has 0 unspecified atom stereocenters. The molecule has 4 rings (SSSR count). The summed E-state index contributed by atoms with van der Waals surface area (Å²) in [6, 6.07) is 16.0. The number of amides is 1. The summed E-state index contributed by atoms with van der Waals surface area (Å²) in [6.07, 6.45) is 3.67. The number of rotatable bonds is 6.